The molecule has 1 unspecified atom stereocenters. The van der Waals surface area contributed by atoms with Gasteiger partial charge in [-0.05, 0) is 39.4 Å². The minimum atomic E-state index is -0.986. The molecule has 0 bridgehead atoms. The van der Waals surface area contributed by atoms with Gasteiger partial charge in [-0.1, -0.05) is 19.1 Å². The van der Waals surface area contributed by atoms with Gasteiger partial charge in [-0.3, -0.25) is 0 Å². The van der Waals surface area contributed by atoms with Crippen LogP contribution in [0, 0.1) is 0 Å². The Morgan fingerprint density at radius 1 is 1.62 bits per heavy atom. The van der Waals surface area contributed by atoms with Crippen molar-refractivity contribution in [2.24, 2.45) is 0 Å². The standard InChI is InChI=1S/C12H21NO3/c1-5-13-7-6-9(2)8-10(3)16-11(4)12(14)15/h8,11,13H,3,5-7H2,1-2,4H3,(H,14,15)/b9-8+. The van der Waals surface area contributed by atoms with Crippen molar-refractivity contribution in [2.75, 3.05) is 13.1 Å². The van der Waals surface area contributed by atoms with Crippen LogP contribution in [-0.2, 0) is 9.53 Å². The van der Waals surface area contributed by atoms with E-state index in [1.807, 2.05) is 6.92 Å². The Kier molecular flexibility index (Phi) is 7.29. The highest BCUT2D eigenvalue weighted by molar-refractivity contribution is 5.71. The van der Waals surface area contributed by atoms with Crippen molar-refractivity contribution < 1.29 is 14.6 Å². The van der Waals surface area contributed by atoms with Crippen molar-refractivity contribution in [3.63, 3.8) is 0 Å². The predicted molar refractivity (Wildman–Crippen MR) is 64.2 cm³/mol. The lowest BCUT2D eigenvalue weighted by molar-refractivity contribution is -0.146. The van der Waals surface area contributed by atoms with Crippen LogP contribution < -0.4 is 5.32 Å². The summed E-state index contributed by atoms with van der Waals surface area (Å²) in [7, 11) is 0. The van der Waals surface area contributed by atoms with E-state index >= 15 is 0 Å². The zero-order chi connectivity index (χ0) is 12.6. The maximum Gasteiger partial charge on any atom is 0.344 e. The van der Waals surface area contributed by atoms with Crippen LogP contribution in [0.4, 0.5) is 0 Å². The fourth-order valence-corrected chi connectivity index (χ4v) is 1.12. The van der Waals surface area contributed by atoms with Crippen molar-refractivity contribution >= 4 is 5.97 Å². The van der Waals surface area contributed by atoms with Crippen LogP contribution in [0.15, 0.2) is 24.0 Å². The van der Waals surface area contributed by atoms with Crippen LogP contribution in [0.2, 0.25) is 0 Å². The summed E-state index contributed by atoms with van der Waals surface area (Å²) in [5.74, 6) is -0.594. The zero-order valence-corrected chi connectivity index (χ0v) is 10.2. The Labute approximate surface area is 97.0 Å². The van der Waals surface area contributed by atoms with Gasteiger partial charge in [0.2, 0.25) is 0 Å². The average molecular weight is 227 g/mol. The first kappa shape index (κ1) is 14.7. The number of carboxylic acid groups (broad SMARTS) is 1. The zero-order valence-electron chi connectivity index (χ0n) is 10.2. The van der Waals surface area contributed by atoms with E-state index < -0.39 is 12.1 Å². The number of hydrogen-bond donors (Lipinski definition) is 2. The van der Waals surface area contributed by atoms with Crippen molar-refractivity contribution in [3.8, 4) is 0 Å². The quantitative estimate of drug-likeness (QED) is 0.378. The molecular weight excluding hydrogens is 206 g/mol. The predicted octanol–water partition coefficient (Wildman–Crippen LogP) is 1.94. The van der Waals surface area contributed by atoms with Crippen LogP contribution in [0.25, 0.3) is 0 Å². The summed E-state index contributed by atoms with van der Waals surface area (Å²) in [4.78, 5) is 10.5. The lowest BCUT2D eigenvalue weighted by Crippen LogP contribution is -2.19. The molecule has 0 radical (unpaired) electrons. The summed E-state index contributed by atoms with van der Waals surface area (Å²) in [5, 5.41) is 11.8. The minimum absolute atomic E-state index is 0.392. The first-order valence-corrected chi connectivity index (χ1v) is 5.43. The highest BCUT2D eigenvalue weighted by Crippen LogP contribution is 2.07. The van der Waals surface area contributed by atoms with Gasteiger partial charge in [0.1, 0.15) is 5.76 Å². The topological polar surface area (TPSA) is 58.6 Å². The summed E-state index contributed by atoms with van der Waals surface area (Å²) in [6.07, 6.45) is 1.82. The Bertz CT molecular complexity index is 271. The molecular formula is C12H21NO3. The summed E-state index contributed by atoms with van der Waals surface area (Å²) in [6, 6.07) is 0. The highest BCUT2D eigenvalue weighted by atomic mass is 16.5. The third-order valence-electron chi connectivity index (χ3n) is 2.03. The van der Waals surface area contributed by atoms with E-state index in [1.165, 1.54) is 6.92 Å². The van der Waals surface area contributed by atoms with Crippen molar-refractivity contribution in [2.45, 2.75) is 33.3 Å². The van der Waals surface area contributed by atoms with Gasteiger partial charge >= 0.3 is 5.97 Å². The minimum Gasteiger partial charge on any atom is -0.480 e. The van der Waals surface area contributed by atoms with Crippen molar-refractivity contribution in [1.29, 1.82) is 0 Å². The second-order valence-corrected chi connectivity index (χ2v) is 3.66. The van der Waals surface area contributed by atoms with Crippen LogP contribution in [0.5, 0.6) is 0 Å². The van der Waals surface area contributed by atoms with Crippen LogP contribution >= 0.6 is 0 Å². The number of hydrogen-bond acceptors (Lipinski definition) is 3. The number of allylic oxidation sites excluding steroid dienone is 1. The molecule has 2 N–H and O–H groups in total. The molecule has 0 aromatic carbocycles. The Hall–Kier alpha value is -1.29. The molecule has 16 heavy (non-hydrogen) atoms. The lowest BCUT2D eigenvalue weighted by atomic mass is 10.2. The van der Waals surface area contributed by atoms with E-state index in [0.717, 1.165) is 25.1 Å². The van der Waals surface area contributed by atoms with Gasteiger partial charge in [-0.15, -0.1) is 0 Å². The highest BCUT2D eigenvalue weighted by Gasteiger charge is 2.11. The summed E-state index contributed by atoms with van der Waals surface area (Å²) in [6.45, 7) is 11.0. The smallest absolute Gasteiger partial charge is 0.344 e. The van der Waals surface area contributed by atoms with E-state index in [9.17, 15) is 4.79 Å². The second kappa shape index (κ2) is 7.93. The molecule has 0 amide bonds. The van der Waals surface area contributed by atoms with Gasteiger partial charge < -0.3 is 15.2 Å². The molecule has 4 heteroatoms. The van der Waals surface area contributed by atoms with Crippen molar-refractivity contribution in [3.05, 3.63) is 24.0 Å². The fraction of sp³-hybridized carbons (Fsp3) is 0.583. The first-order chi connectivity index (χ1) is 7.47. The van der Waals surface area contributed by atoms with Crippen LogP contribution in [0.3, 0.4) is 0 Å². The van der Waals surface area contributed by atoms with Gasteiger partial charge in [0, 0.05) is 0 Å². The molecule has 0 saturated heterocycles. The third-order valence-corrected chi connectivity index (χ3v) is 2.03. The number of aliphatic carboxylic acids is 1. The van der Waals surface area contributed by atoms with Gasteiger partial charge in [-0.2, -0.15) is 0 Å². The molecule has 0 spiro atoms. The normalized spacial score (nSPS) is 13.3. The molecule has 0 rings (SSSR count). The number of nitrogens with one attached hydrogen (secondary N) is 1. The molecule has 0 fully saturated rings. The molecule has 1 atom stereocenters. The third kappa shape index (κ3) is 7.06. The SMILES string of the molecule is C=C(/C=C(\C)CCNCC)OC(C)C(=O)O. The molecule has 0 aromatic rings. The molecule has 0 aromatic heterocycles. The van der Waals surface area contributed by atoms with Crippen LogP contribution in [0.1, 0.15) is 27.2 Å². The lowest BCUT2D eigenvalue weighted by Gasteiger charge is -2.11. The maximum absolute atomic E-state index is 10.5. The van der Waals surface area contributed by atoms with Gasteiger partial charge in [-0.25, -0.2) is 4.79 Å². The molecule has 0 aliphatic rings. The van der Waals surface area contributed by atoms with E-state index in [-0.39, 0.29) is 0 Å². The molecule has 4 nitrogen and oxygen atoms in total. The Morgan fingerprint density at radius 3 is 2.75 bits per heavy atom. The van der Waals surface area contributed by atoms with E-state index in [2.05, 4.69) is 18.8 Å². The second-order valence-electron chi connectivity index (χ2n) is 3.66. The Balaban J connectivity index is 4.00. The van der Waals surface area contributed by atoms with Gasteiger partial charge in [0.05, 0.1) is 0 Å². The molecule has 0 aliphatic heterocycles. The van der Waals surface area contributed by atoms with Gasteiger partial charge in [0.25, 0.3) is 0 Å². The number of ether oxygens (including phenoxy) is 1. The number of carboxylic acids is 1. The summed E-state index contributed by atoms with van der Waals surface area (Å²) >= 11 is 0. The summed E-state index contributed by atoms with van der Waals surface area (Å²) in [5.41, 5.74) is 1.11. The van der Waals surface area contributed by atoms with E-state index in [1.54, 1.807) is 6.08 Å². The van der Waals surface area contributed by atoms with Gasteiger partial charge in [0.15, 0.2) is 6.10 Å². The van der Waals surface area contributed by atoms with Crippen LogP contribution in [-0.4, -0.2) is 30.3 Å². The molecule has 0 saturated carbocycles. The van der Waals surface area contributed by atoms with E-state index in [0.29, 0.717) is 5.76 Å². The maximum atomic E-state index is 10.5. The largest absolute Gasteiger partial charge is 0.480 e. The molecule has 0 heterocycles. The number of rotatable bonds is 8. The Morgan fingerprint density at radius 2 is 2.25 bits per heavy atom. The van der Waals surface area contributed by atoms with Crippen molar-refractivity contribution in [1.82, 2.24) is 5.32 Å². The monoisotopic (exact) mass is 227 g/mol. The first-order valence-electron chi connectivity index (χ1n) is 5.43. The molecule has 0 aliphatic carbocycles. The average Bonchev–Trinajstić information content (AvgIpc) is 2.17. The fourth-order valence-electron chi connectivity index (χ4n) is 1.12. The summed E-state index contributed by atoms with van der Waals surface area (Å²) < 4.78 is 5.10. The number of carbonyl (C=O) groups is 1. The van der Waals surface area contributed by atoms with E-state index in [4.69, 9.17) is 9.84 Å². The molecule has 92 valence electrons.